The maximum absolute atomic E-state index is 4.75. The average Bonchev–Trinajstić information content (AvgIpc) is 3.11. The third kappa shape index (κ3) is 3.55. The molecule has 0 atom stereocenters. The molecule has 23 heavy (non-hydrogen) atoms. The average molecular weight is 307 g/mol. The first-order chi connectivity index (χ1) is 11.2. The predicted molar refractivity (Wildman–Crippen MR) is 99.0 cm³/mol. The molecule has 0 saturated heterocycles. The summed E-state index contributed by atoms with van der Waals surface area (Å²) >= 11 is 0. The Balaban J connectivity index is 1.92. The van der Waals surface area contributed by atoms with E-state index in [1.807, 2.05) is 12.4 Å². The Hall–Kier alpha value is -2.29. The van der Waals surface area contributed by atoms with Gasteiger partial charge in [0.2, 0.25) is 0 Å². The van der Waals surface area contributed by atoms with Gasteiger partial charge in [-0.25, -0.2) is 0 Å². The van der Waals surface area contributed by atoms with Gasteiger partial charge >= 0.3 is 0 Å². The molecule has 0 aliphatic carbocycles. The number of aromatic amines is 2. The number of H-pyrrole nitrogens is 2. The molecule has 1 aromatic carbocycles. The normalized spacial score (nSPS) is 11.8. The smallest absolute Gasteiger partial charge is 0.0874 e. The minimum atomic E-state index is 1.02. The molecular formula is C20H25N3. The second-order valence-electron chi connectivity index (χ2n) is 6.32. The first-order valence-electron chi connectivity index (χ1n) is 8.47. The van der Waals surface area contributed by atoms with Crippen LogP contribution in [0.25, 0.3) is 10.9 Å². The van der Waals surface area contributed by atoms with Crippen LogP contribution in [0.3, 0.4) is 0 Å². The Kier molecular flexibility index (Phi) is 4.65. The second kappa shape index (κ2) is 6.86. The van der Waals surface area contributed by atoms with Crippen LogP contribution in [0.4, 0.5) is 5.69 Å². The summed E-state index contributed by atoms with van der Waals surface area (Å²) in [6, 6.07) is 8.77. The lowest BCUT2D eigenvalue weighted by molar-refractivity contribution is 0.718. The van der Waals surface area contributed by atoms with Crippen LogP contribution in [0, 0.1) is 13.8 Å². The van der Waals surface area contributed by atoms with Crippen LogP contribution in [-0.2, 0) is 6.42 Å². The number of benzene rings is 1. The monoisotopic (exact) mass is 307 g/mol. The third-order valence-electron chi connectivity index (χ3n) is 4.29. The molecule has 2 N–H and O–H groups in total. The highest BCUT2D eigenvalue weighted by molar-refractivity contribution is 5.93. The Labute approximate surface area is 137 Å². The third-order valence-corrected chi connectivity index (χ3v) is 4.29. The van der Waals surface area contributed by atoms with E-state index in [9.17, 15) is 0 Å². The van der Waals surface area contributed by atoms with Crippen LogP contribution in [0.2, 0.25) is 0 Å². The number of hydrogen-bond acceptors (Lipinski definition) is 1. The summed E-state index contributed by atoms with van der Waals surface area (Å²) in [5.74, 6) is 0. The van der Waals surface area contributed by atoms with Gasteiger partial charge in [0.05, 0.1) is 23.1 Å². The van der Waals surface area contributed by atoms with Crippen molar-refractivity contribution in [2.75, 3.05) is 0 Å². The summed E-state index contributed by atoms with van der Waals surface area (Å²) in [5, 5.41) is 1.24. The second-order valence-corrected chi connectivity index (χ2v) is 6.32. The zero-order chi connectivity index (χ0) is 16.2. The van der Waals surface area contributed by atoms with Crippen molar-refractivity contribution >= 4 is 22.8 Å². The van der Waals surface area contributed by atoms with Crippen molar-refractivity contribution in [3.63, 3.8) is 0 Å². The molecular weight excluding hydrogens is 282 g/mol. The van der Waals surface area contributed by atoms with Gasteiger partial charge in [0, 0.05) is 17.3 Å². The summed E-state index contributed by atoms with van der Waals surface area (Å²) in [5.41, 5.74) is 6.98. The van der Waals surface area contributed by atoms with E-state index in [0.717, 1.165) is 23.3 Å². The van der Waals surface area contributed by atoms with Crippen LogP contribution in [0.15, 0.2) is 35.5 Å². The van der Waals surface area contributed by atoms with Crippen molar-refractivity contribution in [3.8, 4) is 0 Å². The van der Waals surface area contributed by atoms with Crippen LogP contribution < -0.4 is 0 Å². The van der Waals surface area contributed by atoms with E-state index in [0.29, 0.717) is 0 Å². The highest BCUT2D eigenvalue weighted by Gasteiger charge is 2.05. The summed E-state index contributed by atoms with van der Waals surface area (Å²) in [6.45, 7) is 6.42. The lowest BCUT2D eigenvalue weighted by Crippen LogP contribution is -1.88. The fourth-order valence-electron chi connectivity index (χ4n) is 3.06. The molecule has 3 heteroatoms. The fraction of sp³-hybridized carbons (Fsp3) is 0.350. The summed E-state index contributed by atoms with van der Waals surface area (Å²) in [6.07, 6.45) is 8.83. The maximum atomic E-state index is 4.75. The van der Waals surface area contributed by atoms with Crippen molar-refractivity contribution in [1.29, 1.82) is 0 Å². The summed E-state index contributed by atoms with van der Waals surface area (Å²) < 4.78 is 0. The van der Waals surface area contributed by atoms with Crippen molar-refractivity contribution in [2.45, 2.75) is 46.5 Å². The number of fused-ring (bicyclic) bond motifs is 1. The van der Waals surface area contributed by atoms with Crippen LogP contribution in [0.5, 0.6) is 0 Å². The van der Waals surface area contributed by atoms with E-state index in [-0.39, 0.29) is 0 Å². The molecule has 2 heterocycles. The van der Waals surface area contributed by atoms with Crippen LogP contribution in [-0.4, -0.2) is 16.2 Å². The molecule has 3 aromatic rings. The van der Waals surface area contributed by atoms with Crippen LogP contribution >= 0.6 is 0 Å². The minimum absolute atomic E-state index is 1.02. The molecule has 0 amide bonds. The molecule has 3 rings (SSSR count). The number of aromatic nitrogens is 2. The molecule has 0 aliphatic heterocycles. The molecule has 0 fully saturated rings. The Bertz CT molecular complexity index is 821. The first-order valence-corrected chi connectivity index (χ1v) is 8.47. The Morgan fingerprint density at radius 1 is 1.13 bits per heavy atom. The predicted octanol–water partition coefficient (Wildman–Crippen LogP) is 5.60. The van der Waals surface area contributed by atoms with Gasteiger partial charge in [-0.05, 0) is 62.1 Å². The SMILES string of the molecule is CCCCCc1cc(N=Cc2[nH]c(C)cc2C)c2[nH]ccc2c1. The van der Waals surface area contributed by atoms with E-state index in [1.54, 1.807) is 0 Å². The topological polar surface area (TPSA) is 43.9 Å². The van der Waals surface area contributed by atoms with Gasteiger partial charge in [0.1, 0.15) is 0 Å². The van der Waals surface area contributed by atoms with E-state index in [4.69, 9.17) is 4.99 Å². The number of unbranched alkanes of at least 4 members (excludes halogenated alkanes) is 2. The molecule has 2 aromatic heterocycles. The fourth-order valence-corrected chi connectivity index (χ4v) is 3.06. The van der Waals surface area contributed by atoms with Gasteiger partial charge in [0.15, 0.2) is 0 Å². The molecule has 0 spiro atoms. The molecule has 3 nitrogen and oxygen atoms in total. The Morgan fingerprint density at radius 3 is 2.74 bits per heavy atom. The molecule has 0 aliphatic rings. The van der Waals surface area contributed by atoms with Gasteiger partial charge in [-0.1, -0.05) is 19.8 Å². The molecule has 120 valence electrons. The minimum Gasteiger partial charge on any atom is -0.359 e. The number of aliphatic imine (C=N–C) groups is 1. The highest BCUT2D eigenvalue weighted by atomic mass is 14.8. The summed E-state index contributed by atoms with van der Waals surface area (Å²) in [4.78, 5) is 11.4. The number of nitrogens with zero attached hydrogens (tertiary/aromatic N) is 1. The lowest BCUT2D eigenvalue weighted by Gasteiger charge is -2.04. The molecule has 0 unspecified atom stereocenters. The lowest BCUT2D eigenvalue weighted by atomic mass is 10.0. The van der Waals surface area contributed by atoms with E-state index in [2.05, 4.69) is 55.0 Å². The molecule has 0 saturated carbocycles. The van der Waals surface area contributed by atoms with Crippen molar-refractivity contribution in [2.24, 2.45) is 4.99 Å². The number of hydrogen-bond donors (Lipinski definition) is 2. The van der Waals surface area contributed by atoms with Gasteiger partial charge in [-0.2, -0.15) is 0 Å². The van der Waals surface area contributed by atoms with Gasteiger partial charge in [-0.15, -0.1) is 0 Å². The largest absolute Gasteiger partial charge is 0.359 e. The standard InChI is InChI=1S/C20H25N3/c1-4-5-6-7-16-11-17-8-9-21-20(17)18(12-16)22-13-19-14(2)10-15(3)23-19/h8-13,21,23H,4-7H2,1-3H3. The zero-order valence-electron chi connectivity index (χ0n) is 14.2. The highest BCUT2D eigenvalue weighted by Crippen LogP contribution is 2.28. The van der Waals surface area contributed by atoms with Crippen LogP contribution in [0.1, 0.15) is 48.7 Å². The van der Waals surface area contributed by atoms with Gasteiger partial charge in [-0.3, -0.25) is 4.99 Å². The van der Waals surface area contributed by atoms with Gasteiger partial charge < -0.3 is 9.97 Å². The van der Waals surface area contributed by atoms with E-state index >= 15 is 0 Å². The maximum Gasteiger partial charge on any atom is 0.0874 e. The zero-order valence-corrected chi connectivity index (χ0v) is 14.2. The molecule has 0 radical (unpaired) electrons. The van der Waals surface area contributed by atoms with Gasteiger partial charge in [0.25, 0.3) is 0 Å². The number of aryl methyl sites for hydroxylation is 3. The number of nitrogens with one attached hydrogen (secondary N) is 2. The Morgan fingerprint density at radius 2 is 2.00 bits per heavy atom. The van der Waals surface area contributed by atoms with Crippen molar-refractivity contribution in [1.82, 2.24) is 9.97 Å². The first kappa shape index (κ1) is 15.6. The van der Waals surface area contributed by atoms with E-state index in [1.165, 1.54) is 41.5 Å². The van der Waals surface area contributed by atoms with Crippen molar-refractivity contribution < 1.29 is 0 Å². The summed E-state index contributed by atoms with van der Waals surface area (Å²) in [7, 11) is 0. The molecule has 0 bridgehead atoms. The quantitative estimate of drug-likeness (QED) is 0.440. The number of rotatable bonds is 6. The van der Waals surface area contributed by atoms with Crippen molar-refractivity contribution in [3.05, 3.63) is 53.0 Å². The van der Waals surface area contributed by atoms with E-state index < -0.39 is 0 Å².